The summed E-state index contributed by atoms with van der Waals surface area (Å²) in [7, 11) is -3.37. The van der Waals surface area contributed by atoms with Crippen LogP contribution in [0.2, 0.25) is 0 Å². The minimum Gasteiger partial charge on any atom is -0.324 e. The molecule has 0 saturated carbocycles. The molecule has 2 aromatic rings. The second-order valence-corrected chi connectivity index (χ2v) is 8.04. The summed E-state index contributed by atoms with van der Waals surface area (Å²) >= 11 is 0. The van der Waals surface area contributed by atoms with Gasteiger partial charge in [-0.1, -0.05) is 6.07 Å². The molecule has 1 aromatic carbocycles. The van der Waals surface area contributed by atoms with Crippen LogP contribution in [0.25, 0.3) is 0 Å². The van der Waals surface area contributed by atoms with Crippen LogP contribution in [0.5, 0.6) is 0 Å². The highest BCUT2D eigenvalue weighted by molar-refractivity contribution is 7.90. The second kappa shape index (κ2) is 4.81. The lowest BCUT2D eigenvalue weighted by Crippen LogP contribution is -2.03. The first-order valence-corrected chi connectivity index (χ1v) is 9.48. The van der Waals surface area contributed by atoms with Gasteiger partial charge in [-0.25, -0.2) is 8.42 Å². The molecule has 0 atom stereocenters. The van der Waals surface area contributed by atoms with E-state index in [1.165, 1.54) is 35.1 Å². The van der Waals surface area contributed by atoms with Gasteiger partial charge < -0.3 is 5.32 Å². The first-order chi connectivity index (χ1) is 10.5. The number of H-pyrrole nitrogens is 1. The van der Waals surface area contributed by atoms with Gasteiger partial charge in [0, 0.05) is 11.9 Å². The molecule has 0 unspecified atom stereocenters. The summed E-state index contributed by atoms with van der Waals surface area (Å²) < 4.78 is 23.0. The molecule has 1 aromatic heterocycles. The van der Waals surface area contributed by atoms with Crippen LogP contribution >= 0.6 is 0 Å². The van der Waals surface area contributed by atoms with Crippen LogP contribution in [0.1, 0.15) is 35.1 Å². The zero-order valence-electron chi connectivity index (χ0n) is 12.4. The maximum Gasteiger partial charge on any atom is 0.248 e. The van der Waals surface area contributed by atoms with Crippen molar-refractivity contribution < 1.29 is 8.42 Å². The molecule has 0 saturated heterocycles. The molecule has 1 heterocycles. The highest BCUT2D eigenvalue weighted by Crippen LogP contribution is 2.39. The summed E-state index contributed by atoms with van der Waals surface area (Å²) in [4.78, 5) is 2.76. The van der Waals surface area contributed by atoms with Gasteiger partial charge in [-0.15, -0.1) is 10.2 Å². The number of sulfone groups is 1. The van der Waals surface area contributed by atoms with Crippen LogP contribution in [0.3, 0.4) is 0 Å². The van der Waals surface area contributed by atoms with Gasteiger partial charge in [0.25, 0.3) is 0 Å². The van der Waals surface area contributed by atoms with Crippen LogP contribution in [0.15, 0.2) is 11.2 Å². The zero-order chi connectivity index (χ0) is 15.3. The molecule has 2 aliphatic rings. The Morgan fingerprint density at radius 1 is 1.05 bits per heavy atom. The first-order valence-electron chi connectivity index (χ1n) is 7.58. The van der Waals surface area contributed by atoms with E-state index in [-0.39, 0.29) is 5.16 Å². The van der Waals surface area contributed by atoms with E-state index in [1.807, 2.05) is 0 Å². The number of benzene rings is 1. The highest BCUT2D eigenvalue weighted by Gasteiger charge is 2.25. The Kier molecular flexibility index (Phi) is 3.00. The number of nitrogens with zero attached hydrogens (tertiary/aromatic N) is 2. The van der Waals surface area contributed by atoms with Crippen molar-refractivity contribution >= 4 is 21.5 Å². The maximum absolute atomic E-state index is 11.5. The van der Waals surface area contributed by atoms with Crippen molar-refractivity contribution in [2.24, 2.45) is 0 Å². The summed E-state index contributed by atoms with van der Waals surface area (Å²) in [5.41, 5.74) is 6.69. The fourth-order valence-electron chi connectivity index (χ4n) is 3.56. The molecule has 0 fully saturated rings. The van der Waals surface area contributed by atoms with Gasteiger partial charge in [-0.05, 0) is 60.8 Å². The predicted octanol–water partition coefficient (Wildman–Crippen LogP) is 1.93. The van der Waals surface area contributed by atoms with E-state index in [9.17, 15) is 8.42 Å². The van der Waals surface area contributed by atoms with Crippen molar-refractivity contribution in [1.29, 1.82) is 0 Å². The standard InChI is InChI=1S/C15H18N4O2S/c1-22(20,21)15-17-14(18-19-15)16-13-11-6-2-4-9(11)8-10-5-3-7-12(10)13/h8H,2-7H2,1H3,(H2,16,17,18,19). The molecular weight excluding hydrogens is 300 g/mol. The number of nitrogens with one attached hydrogen (secondary N) is 2. The third-order valence-corrected chi connectivity index (χ3v) is 5.42. The summed E-state index contributed by atoms with van der Waals surface area (Å²) in [5, 5.41) is 10.9. The zero-order valence-corrected chi connectivity index (χ0v) is 13.3. The number of anilines is 2. The lowest BCUT2D eigenvalue weighted by Gasteiger charge is -2.15. The van der Waals surface area contributed by atoms with Crippen LogP contribution < -0.4 is 5.32 Å². The normalized spacial score (nSPS) is 16.6. The quantitative estimate of drug-likeness (QED) is 0.903. The molecule has 0 amide bonds. The third-order valence-electron chi connectivity index (χ3n) is 4.53. The Bertz CT molecular complexity index is 822. The number of aromatic amines is 1. The molecular formula is C15H18N4O2S. The van der Waals surface area contributed by atoms with E-state index in [4.69, 9.17) is 0 Å². The van der Waals surface area contributed by atoms with E-state index < -0.39 is 9.84 Å². The van der Waals surface area contributed by atoms with E-state index in [1.54, 1.807) is 0 Å². The largest absolute Gasteiger partial charge is 0.324 e. The SMILES string of the molecule is CS(=O)(=O)c1nnc(Nc2c3c(cc4c2CCC4)CCC3)[nH]1. The van der Waals surface area contributed by atoms with Crippen molar-refractivity contribution in [1.82, 2.24) is 15.2 Å². The van der Waals surface area contributed by atoms with Crippen molar-refractivity contribution in [3.63, 3.8) is 0 Å². The number of hydrogen-bond donors (Lipinski definition) is 2. The number of rotatable bonds is 3. The van der Waals surface area contributed by atoms with E-state index in [0.717, 1.165) is 37.6 Å². The van der Waals surface area contributed by atoms with Gasteiger partial charge in [0.15, 0.2) is 0 Å². The predicted molar refractivity (Wildman–Crippen MR) is 83.3 cm³/mol. The smallest absolute Gasteiger partial charge is 0.248 e. The Morgan fingerprint density at radius 3 is 2.23 bits per heavy atom. The van der Waals surface area contributed by atoms with Crippen LogP contribution in [0, 0.1) is 0 Å². The van der Waals surface area contributed by atoms with Crippen molar-refractivity contribution in [2.75, 3.05) is 11.6 Å². The van der Waals surface area contributed by atoms with Gasteiger partial charge in [-0.2, -0.15) is 0 Å². The lowest BCUT2D eigenvalue weighted by molar-refractivity contribution is 0.594. The molecule has 4 rings (SSSR count). The monoisotopic (exact) mass is 318 g/mol. The number of hydrogen-bond acceptors (Lipinski definition) is 5. The van der Waals surface area contributed by atoms with Crippen LogP contribution in [-0.2, 0) is 35.5 Å². The van der Waals surface area contributed by atoms with Gasteiger partial charge in [0.05, 0.1) is 0 Å². The Morgan fingerprint density at radius 2 is 1.68 bits per heavy atom. The van der Waals surface area contributed by atoms with Crippen molar-refractivity contribution in [3.05, 3.63) is 28.3 Å². The lowest BCUT2D eigenvalue weighted by atomic mass is 9.99. The molecule has 2 aliphatic carbocycles. The summed E-state index contributed by atoms with van der Waals surface area (Å²) in [6, 6.07) is 2.36. The van der Waals surface area contributed by atoms with Crippen molar-refractivity contribution in [2.45, 2.75) is 43.7 Å². The molecule has 22 heavy (non-hydrogen) atoms. The highest BCUT2D eigenvalue weighted by atomic mass is 32.2. The van der Waals surface area contributed by atoms with Gasteiger partial charge in [-0.3, -0.25) is 4.98 Å². The number of fused-ring (bicyclic) bond motifs is 2. The molecule has 2 N–H and O–H groups in total. The van der Waals surface area contributed by atoms with E-state index >= 15 is 0 Å². The topological polar surface area (TPSA) is 87.7 Å². The molecule has 0 radical (unpaired) electrons. The Labute approximate surface area is 129 Å². The second-order valence-electron chi connectivity index (χ2n) is 6.11. The number of aromatic nitrogens is 3. The summed E-state index contributed by atoms with van der Waals surface area (Å²) in [6.45, 7) is 0. The molecule has 7 heteroatoms. The molecule has 0 aliphatic heterocycles. The fraction of sp³-hybridized carbons (Fsp3) is 0.467. The van der Waals surface area contributed by atoms with Gasteiger partial charge in [0.1, 0.15) is 0 Å². The van der Waals surface area contributed by atoms with Crippen molar-refractivity contribution in [3.8, 4) is 0 Å². The Balaban J connectivity index is 1.76. The average molecular weight is 318 g/mol. The first kappa shape index (κ1) is 13.8. The van der Waals surface area contributed by atoms with E-state index in [2.05, 4.69) is 26.6 Å². The average Bonchev–Trinajstić information content (AvgIpc) is 3.16. The van der Waals surface area contributed by atoms with Gasteiger partial charge >= 0.3 is 0 Å². The van der Waals surface area contributed by atoms with Gasteiger partial charge in [0.2, 0.25) is 20.9 Å². The third kappa shape index (κ3) is 2.20. The molecule has 0 spiro atoms. The van der Waals surface area contributed by atoms with Crippen LogP contribution in [-0.4, -0.2) is 29.9 Å². The minimum absolute atomic E-state index is 0.0979. The van der Waals surface area contributed by atoms with E-state index in [0.29, 0.717) is 5.95 Å². The molecule has 0 bridgehead atoms. The molecule has 6 nitrogen and oxygen atoms in total. The summed E-state index contributed by atoms with van der Waals surface area (Å²) in [5.74, 6) is 0.398. The maximum atomic E-state index is 11.5. The fourth-order valence-corrected chi connectivity index (χ4v) is 4.03. The van der Waals surface area contributed by atoms with Crippen LogP contribution in [0.4, 0.5) is 11.6 Å². The Hall–Kier alpha value is -1.89. The summed E-state index contributed by atoms with van der Waals surface area (Å²) in [6.07, 6.45) is 7.87. The number of aryl methyl sites for hydroxylation is 2. The molecule has 116 valence electrons. The minimum atomic E-state index is -3.37.